The van der Waals surface area contributed by atoms with Crippen LogP contribution in [-0.2, 0) is 14.4 Å². The Morgan fingerprint density at radius 1 is 0.765 bits per heavy atom. The van der Waals surface area contributed by atoms with Gasteiger partial charge in [-0.2, -0.15) is 0 Å². The van der Waals surface area contributed by atoms with Crippen molar-refractivity contribution in [2.45, 2.75) is 19.3 Å². The summed E-state index contributed by atoms with van der Waals surface area (Å²) < 4.78 is 0. The van der Waals surface area contributed by atoms with Gasteiger partial charge in [-0.25, -0.2) is 0 Å². The summed E-state index contributed by atoms with van der Waals surface area (Å²) in [5.41, 5.74) is 0. The van der Waals surface area contributed by atoms with Crippen LogP contribution in [0.15, 0.2) is 0 Å². The predicted octanol–water partition coefficient (Wildman–Crippen LogP) is 0.950. The fourth-order valence-corrected chi connectivity index (χ4v) is 5.63. The van der Waals surface area contributed by atoms with E-state index in [0.717, 1.165) is 0 Å². The number of hydrogen-bond acceptors (Lipinski definition) is 3. The summed E-state index contributed by atoms with van der Waals surface area (Å²) >= 11 is 0. The van der Waals surface area contributed by atoms with Crippen LogP contribution in [0.2, 0.25) is 0 Å². The quantitative estimate of drug-likeness (QED) is 0.543. The molecule has 0 fully saturated rings. The van der Waals surface area contributed by atoms with Crippen LogP contribution in [0.5, 0.6) is 0 Å². The van der Waals surface area contributed by atoms with Crippen LogP contribution < -0.4 is 0 Å². The van der Waals surface area contributed by atoms with Crippen molar-refractivity contribution in [3.63, 3.8) is 0 Å². The van der Waals surface area contributed by atoms with Crippen molar-refractivity contribution in [1.29, 1.82) is 0 Å². The summed E-state index contributed by atoms with van der Waals surface area (Å²) in [5, 5.41) is 25.8. The molecule has 100 valence electrons. The normalized spacial score (nSPS) is 12.1. The molecule has 0 aromatic rings. The number of carboxylic acids is 3. The van der Waals surface area contributed by atoms with Gasteiger partial charge in [-0.15, -0.1) is 0 Å². The molecule has 3 N–H and O–H groups in total. The van der Waals surface area contributed by atoms with Gasteiger partial charge in [-0.1, -0.05) is 0 Å². The summed E-state index contributed by atoms with van der Waals surface area (Å²) in [5.74, 6) is -2.81. The van der Waals surface area contributed by atoms with Crippen LogP contribution >= 0.6 is 15.9 Å². The summed E-state index contributed by atoms with van der Waals surface area (Å²) in [7, 11) is 2.56. The van der Waals surface area contributed by atoms with Gasteiger partial charge in [0.05, 0.1) is 0 Å². The van der Waals surface area contributed by atoms with E-state index in [0.29, 0.717) is 18.5 Å². The summed E-state index contributed by atoms with van der Waals surface area (Å²) in [4.78, 5) is 31.5. The zero-order valence-electron chi connectivity index (χ0n) is 9.39. The summed E-state index contributed by atoms with van der Waals surface area (Å²) in [6.07, 6.45) is 1.09. The fraction of sp³-hybridized carbons (Fsp3) is 0.667. The van der Waals surface area contributed by atoms with E-state index < -0.39 is 24.9 Å². The van der Waals surface area contributed by atoms with E-state index in [-0.39, 0.29) is 19.3 Å². The van der Waals surface area contributed by atoms with Crippen LogP contribution in [0, 0.1) is 0 Å². The Morgan fingerprint density at radius 2 is 1.00 bits per heavy atom. The molecule has 0 aliphatic heterocycles. The second-order valence-electron chi connectivity index (χ2n) is 4.04. The van der Waals surface area contributed by atoms with E-state index in [1.807, 2.05) is 0 Å². The van der Waals surface area contributed by atoms with Crippen molar-refractivity contribution in [3.8, 4) is 0 Å². The molecule has 0 bridgehead atoms. The van der Waals surface area contributed by atoms with Gasteiger partial charge in [0.25, 0.3) is 0 Å². The number of aliphatic carboxylic acids is 3. The first-order chi connectivity index (χ1) is 7.75. The third kappa shape index (κ3) is 9.02. The molecule has 0 aromatic carbocycles. The van der Waals surface area contributed by atoms with E-state index in [4.69, 9.17) is 15.3 Å². The van der Waals surface area contributed by atoms with Crippen molar-refractivity contribution in [3.05, 3.63) is 0 Å². The monoisotopic (exact) mass is 284 g/mol. The fourth-order valence-electron chi connectivity index (χ4n) is 1.44. The van der Waals surface area contributed by atoms with Gasteiger partial charge in [0, 0.05) is 0 Å². The van der Waals surface area contributed by atoms with Crippen LogP contribution in [0.1, 0.15) is 19.3 Å². The second-order valence-corrected chi connectivity index (χ2v) is 11.9. The molecule has 6 nitrogen and oxygen atoms in total. The zero-order valence-corrected chi connectivity index (χ0v) is 11.5. The standard InChI is InChI=1S/C9H18O6P2/c10-7(11)1-4-17(16,5-2-8(12)13)6-3-9(14)15/h17H,1-6,16H2,(H,10,11)(H,12,13)(H,14,15). The summed E-state index contributed by atoms with van der Waals surface area (Å²) in [6.45, 7) is -2.16. The van der Waals surface area contributed by atoms with E-state index in [1.54, 1.807) is 0 Å². The number of carbonyl (C=O) groups is 3. The van der Waals surface area contributed by atoms with Crippen LogP contribution in [-0.4, -0.2) is 51.7 Å². The molecule has 0 rings (SSSR count). The average molecular weight is 284 g/mol. The SMILES string of the molecule is O=C(O)CC[PH](P)(CCC(=O)O)CCC(=O)O. The van der Waals surface area contributed by atoms with Crippen molar-refractivity contribution in [1.82, 2.24) is 0 Å². The van der Waals surface area contributed by atoms with E-state index in [1.165, 1.54) is 0 Å². The average Bonchev–Trinajstić information content (AvgIpc) is 2.21. The van der Waals surface area contributed by atoms with Crippen LogP contribution in [0.3, 0.4) is 0 Å². The van der Waals surface area contributed by atoms with Gasteiger partial charge in [-0.3, -0.25) is 0 Å². The number of carboxylic acid groups (broad SMARTS) is 3. The molecule has 17 heavy (non-hydrogen) atoms. The molecule has 0 saturated heterocycles. The first kappa shape index (κ1) is 16.3. The van der Waals surface area contributed by atoms with Gasteiger partial charge in [-0.05, 0) is 0 Å². The first-order valence-electron chi connectivity index (χ1n) is 5.19. The van der Waals surface area contributed by atoms with Gasteiger partial charge in [0.15, 0.2) is 0 Å². The molecule has 1 atom stereocenters. The second kappa shape index (κ2) is 7.57. The van der Waals surface area contributed by atoms with Gasteiger partial charge in [0.1, 0.15) is 0 Å². The topological polar surface area (TPSA) is 112 Å². The Kier molecular flexibility index (Phi) is 7.24. The van der Waals surface area contributed by atoms with Gasteiger partial charge < -0.3 is 0 Å². The molecule has 1 unspecified atom stereocenters. The Morgan fingerprint density at radius 3 is 1.18 bits per heavy atom. The molecule has 0 amide bonds. The Labute approximate surface area is 102 Å². The molecule has 0 radical (unpaired) electrons. The van der Waals surface area contributed by atoms with Crippen molar-refractivity contribution < 1.29 is 29.7 Å². The predicted molar refractivity (Wildman–Crippen MR) is 69.4 cm³/mol. The molecule has 0 aliphatic carbocycles. The Hall–Kier alpha value is -0.730. The molecule has 0 spiro atoms. The third-order valence-corrected chi connectivity index (χ3v) is 8.85. The van der Waals surface area contributed by atoms with Crippen LogP contribution in [0.4, 0.5) is 0 Å². The molecule has 0 heterocycles. The number of hydrogen-bond donors (Lipinski definition) is 3. The first-order valence-corrected chi connectivity index (χ1v) is 9.62. The third-order valence-electron chi connectivity index (χ3n) is 2.51. The number of rotatable bonds is 9. The van der Waals surface area contributed by atoms with Crippen molar-refractivity contribution in [2.75, 3.05) is 18.5 Å². The molecule has 8 heteroatoms. The maximum absolute atomic E-state index is 10.5. The van der Waals surface area contributed by atoms with E-state index in [9.17, 15) is 14.4 Å². The summed E-state index contributed by atoms with van der Waals surface area (Å²) in [6, 6.07) is 0. The minimum absolute atomic E-state index is 0.0328. The minimum atomic E-state index is -2.16. The van der Waals surface area contributed by atoms with E-state index >= 15 is 0 Å². The molecular weight excluding hydrogens is 266 g/mol. The van der Waals surface area contributed by atoms with E-state index in [2.05, 4.69) is 8.93 Å². The molecular formula is C9H18O6P2. The molecule has 0 aromatic heterocycles. The van der Waals surface area contributed by atoms with Crippen molar-refractivity contribution in [2.24, 2.45) is 0 Å². The van der Waals surface area contributed by atoms with Gasteiger partial charge in [0.2, 0.25) is 0 Å². The molecule has 0 saturated carbocycles. The van der Waals surface area contributed by atoms with Crippen LogP contribution in [0.25, 0.3) is 0 Å². The zero-order chi connectivity index (χ0) is 13.5. The Bertz CT molecular complexity index is 258. The van der Waals surface area contributed by atoms with Crippen molar-refractivity contribution >= 4 is 33.8 Å². The molecule has 0 aliphatic rings. The maximum atomic E-state index is 10.5. The van der Waals surface area contributed by atoms with Gasteiger partial charge >= 0.3 is 101 Å². The Balaban J connectivity index is 4.37.